The van der Waals surface area contributed by atoms with E-state index in [1.165, 1.54) is 0 Å². The Labute approximate surface area is 140 Å². The van der Waals surface area contributed by atoms with Gasteiger partial charge in [-0.15, -0.1) is 0 Å². The van der Waals surface area contributed by atoms with Crippen molar-refractivity contribution in [2.45, 2.75) is 12.5 Å². The van der Waals surface area contributed by atoms with Crippen LogP contribution in [0.4, 0.5) is 0 Å². The van der Waals surface area contributed by atoms with Crippen LogP contribution in [0.5, 0.6) is 0 Å². The van der Waals surface area contributed by atoms with Gasteiger partial charge in [-0.2, -0.15) is 0 Å². The fourth-order valence-electron chi connectivity index (χ4n) is 3.06. The first-order chi connectivity index (χ1) is 11.6. The van der Waals surface area contributed by atoms with E-state index in [-0.39, 0.29) is 18.9 Å². The van der Waals surface area contributed by atoms with Crippen molar-refractivity contribution in [3.8, 4) is 11.3 Å². The average Bonchev–Trinajstić information content (AvgIpc) is 2.96. The number of amides is 1. The predicted octanol–water partition coefficient (Wildman–Crippen LogP) is 2.01. The van der Waals surface area contributed by atoms with Crippen LogP contribution in [0.15, 0.2) is 42.5 Å². The van der Waals surface area contributed by atoms with Crippen molar-refractivity contribution in [3.63, 3.8) is 0 Å². The third-order valence-electron chi connectivity index (χ3n) is 4.31. The third kappa shape index (κ3) is 3.19. The topological polar surface area (TPSA) is 71.8 Å². The highest BCUT2D eigenvalue weighted by molar-refractivity contribution is 5.94. The van der Waals surface area contributed by atoms with Gasteiger partial charge in [0.15, 0.2) is 0 Å². The zero-order chi connectivity index (χ0) is 17.1. The van der Waals surface area contributed by atoms with Crippen molar-refractivity contribution >= 4 is 11.9 Å². The van der Waals surface area contributed by atoms with Crippen molar-refractivity contribution in [1.29, 1.82) is 0 Å². The van der Waals surface area contributed by atoms with Crippen molar-refractivity contribution in [2.75, 3.05) is 19.8 Å². The largest absolute Gasteiger partial charge is 0.481 e. The first kappa shape index (κ1) is 16.3. The maximum absolute atomic E-state index is 12.9. The molecule has 2 aromatic rings. The number of hydrogen-bond acceptors (Lipinski definition) is 3. The molecule has 6 heteroatoms. The number of carbonyl (C=O) groups is 2. The Morgan fingerprint density at radius 2 is 1.96 bits per heavy atom. The summed E-state index contributed by atoms with van der Waals surface area (Å²) < 4.78 is 7.19. The molecule has 1 fully saturated rings. The highest BCUT2D eigenvalue weighted by Gasteiger charge is 2.31. The maximum atomic E-state index is 12.9. The fourth-order valence-corrected chi connectivity index (χ4v) is 3.06. The minimum Gasteiger partial charge on any atom is -0.481 e. The second-order valence-electron chi connectivity index (χ2n) is 5.85. The van der Waals surface area contributed by atoms with Gasteiger partial charge in [0.25, 0.3) is 5.91 Å². The van der Waals surface area contributed by atoms with E-state index in [1.54, 1.807) is 11.0 Å². The van der Waals surface area contributed by atoms with E-state index >= 15 is 0 Å². The van der Waals surface area contributed by atoms with Crippen LogP contribution in [0, 0.1) is 0 Å². The molecule has 2 heterocycles. The smallest absolute Gasteiger partial charge is 0.305 e. The van der Waals surface area contributed by atoms with E-state index in [0.717, 1.165) is 11.3 Å². The SMILES string of the molecule is Cn1c(C(=O)N2CCOC[C@@H]2CC(=O)O)ccc1-c1ccccc1. The van der Waals surface area contributed by atoms with Crippen molar-refractivity contribution in [2.24, 2.45) is 7.05 Å². The van der Waals surface area contributed by atoms with Crippen molar-refractivity contribution in [1.82, 2.24) is 9.47 Å². The van der Waals surface area contributed by atoms with Crippen LogP contribution in [0.3, 0.4) is 0 Å². The molecule has 1 atom stereocenters. The summed E-state index contributed by atoms with van der Waals surface area (Å²) in [6.07, 6.45) is -0.109. The van der Waals surface area contributed by atoms with Gasteiger partial charge in [-0.1, -0.05) is 30.3 Å². The van der Waals surface area contributed by atoms with Crippen LogP contribution in [-0.2, 0) is 16.6 Å². The fraction of sp³-hybridized carbons (Fsp3) is 0.333. The van der Waals surface area contributed by atoms with E-state index in [9.17, 15) is 9.59 Å². The molecular weight excluding hydrogens is 308 g/mol. The van der Waals surface area contributed by atoms with Gasteiger partial charge in [-0.3, -0.25) is 9.59 Å². The van der Waals surface area contributed by atoms with Crippen molar-refractivity contribution < 1.29 is 19.4 Å². The molecular formula is C18H20N2O4. The molecule has 1 aromatic carbocycles. The summed E-state index contributed by atoms with van der Waals surface area (Å²) in [4.78, 5) is 25.6. The number of aromatic nitrogens is 1. The average molecular weight is 328 g/mol. The number of carboxylic acid groups (broad SMARTS) is 1. The summed E-state index contributed by atoms with van der Waals surface area (Å²) >= 11 is 0. The maximum Gasteiger partial charge on any atom is 0.305 e. The van der Waals surface area contributed by atoms with Gasteiger partial charge < -0.3 is 19.3 Å². The molecule has 0 bridgehead atoms. The van der Waals surface area contributed by atoms with Crippen LogP contribution in [0.25, 0.3) is 11.3 Å². The second kappa shape index (κ2) is 6.88. The number of morpholine rings is 1. The Hall–Kier alpha value is -2.60. The summed E-state index contributed by atoms with van der Waals surface area (Å²) in [5.74, 6) is -1.09. The summed E-state index contributed by atoms with van der Waals surface area (Å²) in [5, 5.41) is 9.04. The molecule has 1 aliphatic rings. The summed E-state index contributed by atoms with van der Waals surface area (Å²) in [6, 6.07) is 13.1. The van der Waals surface area contributed by atoms with Crippen LogP contribution in [0.2, 0.25) is 0 Å². The lowest BCUT2D eigenvalue weighted by Gasteiger charge is -2.34. The summed E-state index contributed by atoms with van der Waals surface area (Å²) in [5.41, 5.74) is 2.52. The van der Waals surface area contributed by atoms with Gasteiger partial charge in [0.2, 0.25) is 0 Å². The zero-order valence-electron chi connectivity index (χ0n) is 13.5. The molecule has 0 unspecified atom stereocenters. The van der Waals surface area contributed by atoms with Crippen LogP contribution in [0.1, 0.15) is 16.9 Å². The first-order valence-corrected chi connectivity index (χ1v) is 7.89. The molecule has 1 N–H and O–H groups in total. The Balaban J connectivity index is 1.87. The lowest BCUT2D eigenvalue weighted by Crippen LogP contribution is -2.49. The predicted molar refractivity (Wildman–Crippen MR) is 88.7 cm³/mol. The highest BCUT2D eigenvalue weighted by Crippen LogP contribution is 2.23. The molecule has 1 aliphatic heterocycles. The van der Waals surface area contributed by atoms with Gasteiger partial charge in [0, 0.05) is 19.3 Å². The first-order valence-electron chi connectivity index (χ1n) is 7.89. The van der Waals surface area contributed by atoms with E-state index < -0.39 is 12.0 Å². The zero-order valence-corrected chi connectivity index (χ0v) is 13.5. The lowest BCUT2D eigenvalue weighted by atomic mass is 10.1. The standard InChI is InChI=1S/C18H20N2O4/c1-19-15(13-5-3-2-4-6-13)7-8-16(19)18(23)20-9-10-24-12-14(20)11-17(21)22/h2-8,14H,9-12H2,1H3,(H,21,22)/t14-/m0/s1. The highest BCUT2D eigenvalue weighted by atomic mass is 16.5. The molecule has 126 valence electrons. The van der Waals surface area contributed by atoms with E-state index in [0.29, 0.717) is 18.8 Å². The number of nitrogens with zero attached hydrogens (tertiary/aromatic N) is 2. The number of carboxylic acids is 1. The Bertz CT molecular complexity index is 739. The number of benzene rings is 1. The number of aliphatic carboxylic acids is 1. The molecule has 6 nitrogen and oxygen atoms in total. The molecule has 3 rings (SSSR count). The molecule has 1 saturated heterocycles. The minimum absolute atomic E-state index is 0.109. The quantitative estimate of drug-likeness (QED) is 0.932. The molecule has 1 amide bonds. The number of carbonyl (C=O) groups excluding carboxylic acids is 1. The minimum atomic E-state index is -0.930. The van der Waals surface area contributed by atoms with Gasteiger partial charge in [0.1, 0.15) is 5.69 Å². The molecule has 0 radical (unpaired) electrons. The van der Waals surface area contributed by atoms with Crippen LogP contribution >= 0.6 is 0 Å². The number of ether oxygens (including phenoxy) is 1. The van der Waals surface area contributed by atoms with Gasteiger partial charge in [-0.05, 0) is 17.7 Å². The van der Waals surface area contributed by atoms with E-state index in [1.807, 2.05) is 48.0 Å². The van der Waals surface area contributed by atoms with Gasteiger partial charge in [-0.25, -0.2) is 0 Å². The second-order valence-corrected chi connectivity index (χ2v) is 5.85. The monoisotopic (exact) mass is 328 g/mol. The third-order valence-corrected chi connectivity index (χ3v) is 4.31. The van der Waals surface area contributed by atoms with Crippen LogP contribution < -0.4 is 0 Å². The molecule has 1 aromatic heterocycles. The Kier molecular flexibility index (Phi) is 4.66. The van der Waals surface area contributed by atoms with Crippen LogP contribution in [-0.4, -0.2) is 52.3 Å². The normalized spacial score (nSPS) is 17.7. The van der Waals surface area contributed by atoms with E-state index in [4.69, 9.17) is 9.84 Å². The van der Waals surface area contributed by atoms with Gasteiger partial charge in [0.05, 0.1) is 25.7 Å². The lowest BCUT2D eigenvalue weighted by molar-refractivity contribution is -0.139. The van der Waals surface area contributed by atoms with E-state index in [2.05, 4.69) is 0 Å². The van der Waals surface area contributed by atoms with Crippen molar-refractivity contribution in [3.05, 3.63) is 48.2 Å². The Morgan fingerprint density at radius 1 is 1.21 bits per heavy atom. The Morgan fingerprint density at radius 3 is 2.67 bits per heavy atom. The molecule has 24 heavy (non-hydrogen) atoms. The molecule has 0 spiro atoms. The summed E-state index contributed by atoms with van der Waals surface area (Å²) in [6.45, 7) is 1.09. The molecule has 0 aliphatic carbocycles. The van der Waals surface area contributed by atoms with Gasteiger partial charge >= 0.3 is 5.97 Å². The number of hydrogen-bond donors (Lipinski definition) is 1. The molecule has 0 saturated carbocycles. The summed E-state index contributed by atoms with van der Waals surface area (Å²) in [7, 11) is 1.85. The number of rotatable bonds is 4.